The van der Waals surface area contributed by atoms with Gasteiger partial charge in [0.25, 0.3) is 6.43 Å². The van der Waals surface area contributed by atoms with E-state index in [2.05, 4.69) is 4.98 Å². The maximum Gasteiger partial charge on any atom is 0.397 e. The Bertz CT molecular complexity index is 451. The van der Waals surface area contributed by atoms with Gasteiger partial charge in [0.15, 0.2) is 6.61 Å². The maximum absolute atomic E-state index is 12.0. The highest BCUT2D eigenvalue weighted by atomic mass is 19.4. The Morgan fingerprint density at radius 3 is 2.70 bits per heavy atom. The molecule has 1 heterocycles. The summed E-state index contributed by atoms with van der Waals surface area (Å²) in [5.74, 6) is -1.37. The quantitative estimate of drug-likeness (QED) is 0.820. The summed E-state index contributed by atoms with van der Waals surface area (Å²) < 4.78 is 64.5. The molecule has 1 N–H and O–H groups in total. The predicted molar refractivity (Wildman–Crippen MR) is 58.3 cm³/mol. The molecule has 1 amide bonds. The van der Waals surface area contributed by atoms with Crippen LogP contribution in [0.25, 0.3) is 0 Å². The van der Waals surface area contributed by atoms with Crippen molar-refractivity contribution in [3.63, 3.8) is 0 Å². The van der Waals surface area contributed by atoms with Gasteiger partial charge < -0.3 is 10.1 Å². The first kappa shape index (κ1) is 16.1. The van der Waals surface area contributed by atoms with Gasteiger partial charge in [-0.2, -0.15) is 13.2 Å². The smallest absolute Gasteiger partial charge is 0.397 e. The van der Waals surface area contributed by atoms with Crippen molar-refractivity contribution in [3.05, 3.63) is 23.9 Å². The van der Waals surface area contributed by atoms with E-state index in [9.17, 15) is 26.7 Å². The van der Waals surface area contributed by atoms with Crippen LogP contribution in [0.5, 0.6) is 5.88 Å². The van der Waals surface area contributed by atoms with E-state index in [0.717, 1.165) is 0 Å². The summed E-state index contributed by atoms with van der Waals surface area (Å²) in [6.07, 6.45) is -7.64. The zero-order valence-electron chi connectivity index (χ0n) is 10.1. The molecule has 0 saturated carbocycles. The number of alkyl halides is 5. The Balaban J connectivity index is 2.57. The van der Waals surface area contributed by atoms with E-state index in [4.69, 9.17) is 4.74 Å². The van der Waals surface area contributed by atoms with Crippen LogP contribution in [-0.4, -0.2) is 30.1 Å². The van der Waals surface area contributed by atoms with Crippen molar-refractivity contribution in [2.45, 2.75) is 25.6 Å². The fourth-order valence-corrected chi connectivity index (χ4v) is 1.27. The molecule has 0 aliphatic carbocycles. The Hall–Kier alpha value is -1.93. The molecule has 1 aromatic heterocycles. The minimum atomic E-state index is -4.60. The van der Waals surface area contributed by atoms with E-state index in [1.165, 1.54) is 18.3 Å². The Labute approximate surface area is 110 Å². The number of nitrogens with zero attached hydrogens (tertiary/aromatic N) is 1. The molecule has 1 aromatic rings. The lowest BCUT2D eigenvalue weighted by molar-refractivity contribution is -0.153. The first-order valence-electron chi connectivity index (χ1n) is 5.46. The average molecular weight is 298 g/mol. The number of pyridine rings is 1. The summed E-state index contributed by atoms with van der Waals surface area (Å²) in [6, 6.07) is 2.85. The molecule has 9 heteroatoms. The number of rotatable bonds is 6. The second-order valence-electron chi connectivity index (χ2n) is 3.74. The Morgan fingerprint density at radius 2 is 2.10 bits per heavy atom. The van der Waals surface area contributed by atoms with Gasteiger partial charge >= 0.3 is 6.18 Å². The second-order valence-corrected chi connectivity index (χ2v) is 3.74. The molecule has 0 spiro atoms. The highest BCUT2D eigenvalue weighted by molar-refractivity contribution is 5.76. The van der Waals surface area contributed by atoms with Crippen LogP contribution in [0.4, 0.5) is 22.0 Å². The summed E-state index contributed by atoms with van der Waals surface area (Å²) in [4.78, 5) is 14.7. The highest BCUT2D eigenvalue weighted by Crippen LogP contribution is 2.19. The van der Waals surface area contributed by atoms with Crippen LogP contribution in [0, 0.1) is 0 Å². The molecule has 0 atom stereocenters. The minimum Gasteiger partial charge on any atom is -0.471 e. The topological polar surface area (TPSA) is 51.2 Å². The molecule has 0 fully saturated rings. The second kappa shape index (κ2) is 7.01. The van der Waals surface area contributed by atoms with Crippen LogP contribution >= 0.6 is 0 Å². The molecular formula is C11H11F5N2O2. The van der Waals surface area contributed by atoms with E-state index in [-0.39, 0.29) is 18.0 Å². The zero-order valence-corrected chi connectivity index (χ0v) is 10.1. The number of hydrogen-bond acceptors (Lipinski definition) is 3. The van der Waals surface area contributed by atoms with Crippen LogP contribution in [0.2, 0.25) is 0 Å². The van der Waals surface area contributed by atoms with E-state index < -0.39 is 31.5 Å². The van der Waals surface area contributed by atoms with Crippen LogP contribution in [-0.2, 0) is 11.3 Å². The minimum absolute atomic E-state index is 0.153. The van der Waals surface area contributed by atoms with Gasteiger partial charge in [-0.05, 0) is 6.07 Å². The van der Waals surface area contributed by atoms with Crippen LogP contribution in [0.3, 0.4) is 0 Å². The third-order valence-electron chi connectivity index (χ3n) is 2.03. The molecule has 112 valence electrons. The van der Waals surface area contributed by atoms with Crippen LogP contribution in [0.15, 0.2) is 18.3 Å². The molecule has 1 rings (SSSR count). The molecule has 0 radical (unpaired) electrons. The molecule has 0 unspecified atom stereocenters. The van der Waals surface area contributed by atoms with Crippen molar-refractivity contribution in [1.29, 1.82) is 0 Å². The van der Waals surface area contributed by atoms with Gasteiger partial charge in [-0.25, -0.2) is 13.8 Å². The van der Waals surface area contributed by atoms with Crippen LogP contribution < -0.4 is 10.1 Å². The number of hydrogen-bond donors (Lipinski definition) is 1. The molecule has 0 saturated heterocycles. The summed E-state index contributed by atoms with van der Waals surface area (Å²) in [7, 11) is 0. The number of amides is 1. The lowest BCUT2D eigenvalue weighted by Gasteiger charge is -2.11. The molecule has 20 heavy (non-hydrogen) atoms. The fraction of sp³-hybridized carbons (Fsp3) is 0.455. The normalized spacial score (nSPS) is 11.5. The van der Waals surface area contributed by atoms with Gasteiger partial charge in [0.1, 0.15) is 6.42 Å². The van der Waals surface area contributed by atoms with Crippen molar-refractivity contribution in [3.8, 4) is 5.88 Å². The number of carbonyl (C=O) groups is 1. The van der Waals surface area contributed by atoms with E-state index in [0.29, 0.717) is 0 Å². The SMILES string of the molecule is O=C(CC(F)(F)F)NCc1cccnc1OCC(F)F. The van der Waals surface area contributed by atoms with Gasteiger partial charge in [0, 0.05) is 18.3 Å². The van der Waals surface area contributed by atoms with E-state index in [1.807, 2.05) is 5.32 Å². The van der Waals surface area contributed by atoms with Crippen molar-refractivity contribution < 1.29 is 31.5 Å². The summed E-state index contributed by atoms with van der Waals surface area (Å²) in [5, 5.41) is 2.02. The summed E-state index contributed by atoms with van der Waals surface area (Å²) in [6.45, 7) is -1.18. The van der Waals surface area contributed by atoms with Gasteiger partial charge in [-0.3, -0.25) is 4.79 Å². The molecule has 4 nitrogen and oxygen atoms in total. The van der Waals surface area contributed by atoms with Crippen molar-refractivity contribution >= 4 is 5.91 Å². The number of aromatic nitrogens is 1. The first-order chi connectivity index (χ1) is 9.28. The number of nitrogens with one attached hydrogen (secondary N) is 1. The third kappa shape index (κ3) is 6.30. The Kier molecular flexibility index (Phi) is 5.66. The molecule has 0 bridgehead atoms. The monoisotopic (exact) mass is 298 g/mol. The van der Waals surface area contributed by atoms with Crippen molar-refractivity contribution in [2.24, 2.45) is 0 Å². The van der Waals surface area contributed by atoms with Gasteiger partial charge in [0.2, 0.25) is 11.8 Å². The van der Waals surface area contributed by atoms with Gasteiger partial charge in [-0.15, -0.1) is 0 Å². The van der Waals surface area contributed by atoms with E-state index >= 15 is 0 Å². The van der Waals surface area contributed by atoms with Gasteiger partial charge in [0.05, 0.1) is 0 Å². The number of ether oxygens (including phenoxy) is 1. The lowest BCUT2D eigenvalue weighted by Crippen LogP contribution is -2.28. The third-order valence-corrected chi connectivity index (χ3v) is 2.03. The standard InChI is InChI=1S/C11H11F5N2O2/c12-8(13)6-20-10-7(2-1-3-17-10)5-18-9(19)4-11(14,15)16/h1-3,8H,4-6H2,(H,18,19). The van der Waals surface area contributed by atoms with E-state index in [1.54, 1.807) is 0 Å². The summed E-state index contributed by atoms with van der Waals surface area (Å²) >= 11 is 0. The van der Waals surface area contributed by atoms with Crippen LogP contribution in [0.1, 0.15) is 12.0 Å². The number of carbonyl (C=O) groups excluding carboxylic acids is 1. The molecule has 0 aliphatic heterocycles. The molecular weight excluding hydrogens is 287 g/mol. The average Bonchev–Trinajstić information content (AvgIpc) is 2.32. The Morgan fingerprint density at radius 1 is 1.40 bits per heavy atom. The molecule has 0 aliphatic rings. The first-order valence-corrected chi connectivity index (χ1v) is 5.46. The fourth-order valence-electron chi connectivity index (χ4n) is 1.27. The maximum atomic E-state index is 12.0. The van der Waals surface area contributed by atoms with Gasteiger partial charge in [-0.1, -0.05) is 6.07 Å². The predicted octanol–water partition coefficient (Wildman–Crippen LogP) is 2.29. The largest absolute Gasteiger partial charge is 0.471 e. The summed E-state index contributed by atoms with van der Waals surface area (Å²) in [5.41, 5.74) is 0.212. The van der Waals surface area contributed by atoms with Crippen molar-refractivity contribution in [1.82, 2.24) is 10.3 Å². The number of halogens is 5. The highest BCUT2D eigenvalue weighted by Gasteiger charge is 2.31. The lowest BCUT2D eigenvalue weighted by atomic mass is 10.2. The molecule has 0 aromatic carbocycles. The zero-order chi connectivity index (χ0) is 15.2. The van der Waals surface area contributed by atoms with Crippen molar-refractivity contribution in [2.75, 3.05) is 6.61 Å².